The first-order valence-electron chi connectivity index (χ1n) is 5.63. The molecule has 1 rings (SSSR count). The third-order valence-corrected chi connectivity index (χ3v) is 2.57. The number of carbonyl (C=O) groups is 2. The number of rotatable bonds is 8. The lowest BCUT2D eigenvalue weighted by Crippen LogP contribution is -2.23. The highest BCUT2D eigenvalue weighted by atomic mass is 16.7. The van der Waals surface area contributed by atoms with E-state index in [4.69, 9.17) is 14.2 Å². The van der Waals surface area contributed by atoms with Crippen LogP contribution in [0, 0.1) is 0 Å². The zero-order valence-corrected chi connectivity index (χ0v) is 11.1. The first kappa shape index (κ1) is 15.1. The second-order valence-electron chi connectivity index (χ2n) is 3.68. The summed E-state index contributed by atoms with van der Waals surface area (Å²) in [5.74, 6) is -0.274. The molecule has 1 aromatic rings. The van der Waals surface area contributed by atoms with E-state index in [9.17, 15) is 9.59 Å². The second kappa shape index (κ2) is 7.50. The fourth-order valence-electron chi connectivity index (χ4n) is 1.53. The summed E-state index contributed by atoms with van der Waals surface area (Å²) in [7, 11) is 4.53. The van der Waals surface area contributed by atoms with E-state index >= 15 is 0 Å². The first-order valence-corrected chi connectivity index (χ1v) is 5.63. The van der Waals surface area contributed by atoms with Crippen LogP contribution < -0.4 is 10.1 Å². The molecule has 19 heavy (non-hydrogen) atoms. The van der Waals surface area contributed by atoms with Gasteiger partial charge in [-0.1, -0.05) is 0 Å². The number of carbonyl (C=O) groups excluding carboxylic acids is 2. The quantitative estimate of drug-likeness (QED) is 0.329. The van der Waals surface area contributed by atoms with E-state index in [0.29, 0.717) is 12.3 Å². The van der Waals surface area contributed by atoms with E-state index in [-0.39, 0.29) is 18.1 Å². The summed E-state index contributed by atoms with van der Waals surface area (Å²) in [4.78, 5) is 21.9. The van der Waals surface area contributed by atoms with E-state index in [1.54, 1.807) is 26.4 Å². The summed E-state index contributed by atoms with van der Waals surface area (Å²) in [6.07, 6.45) is -0.112. The van der Waals surface area contributed by atoms with E-state index < -0.39 is 5.78 Å². The van der Waals surface area contributed by atoms with E-state index in [0.717, 1.165) is 5.69 Å². The molecule has 0 fully saturated rings. The molecule has 0 atom stereocenters. The Balaban J connectivity index is 2.82. The zero-order valence-electron chi connectivity index (χ0n) is 11.1. The van der Waals surface area contributed by atoms with Gasteiger partial charge < -0.3 is 19.5 Å². The van der Waals surface area contributed by atoms with Gasteiger partial charge in [0.15, 0.2) is 12.6 Å². The predicted molar refractivity (Wildman–Crippen MR) is 69.7 cm³/mol. The molecule has 0 aromatic heterocycles. The average Bonchev–Trinajstić information content (AvgIpc) is 2.47. The van der Waals surface area contributed by atoms with Gasteiger partial charge in [0, 0.05) is 26.0 Å². The monoisotopic (exact) mass is 267 g/mol. The summed E-state index contributed by atoms with van der Waals surface area (Å²) in [6.45, 7) is 0.442. The number of hydrogen-bond donors (Lipinski definition) is 1. The maximum atomic E-state index is 11.4. The summed E-state index contributed by atoms with van der Waals surface area (Å²) in [6, 6.07) is 4.85. The Bertz CT molecular complexity index is 443. The molecule has 0 amide bonds. The van der Waals surface area contributed by atoms with Gasteiger partial charge in [0.1, 0.15) is 5.75 Å². The Morgan fingerprint density at radius 2 is 2.00 bits per heavy atom. The average molecular weight is 267 g/mol. The molecule has 1 aromatic carbocycles. The highest BCUT2D eigenvalue weighted by Gasteiger charge is 2.12. The fraction of sp³-hybridized carbons (Fsp3) is 0.385. The van der Waals surface area contributed by atoms with Crippen molar-refractivity contribution in [2.75, 3.05) is 33.2 Å². The molecule has 0 unspecified atom stereocenters. The minimum Gasteiger partial charge on any atom is -0.496 e. The SMILES string of the molecule is COc1cc(NCC(OC)OC)ccc1C(=O)C=O. The van der Waals surface area contributed by atoms with Crippen LogP contribution >= 0.6 is 0 Å². The van der Waals surface area contributed by atoms with Crippen LogP contribution in [0.4, 0.5) is 5.69 Å². The summed E-state index contributed by atoms with van der Waals surface area (Å²) >= 11 is 0. The molecule has 0 aliphatic heterocycles. The van der Waals surface area contributed by atoms with E-state index in [1.165, 1.54) is 13.2 Å². The third-order valence-electron chi connectivity index (χ3n) is 2.57. The normalized spacial score (nSPS) is 10.3. The van der Waals surface area contributed by atoms with E-state index in [2.05, 4.69) is 5.32 Å². The van der Waals surface area contributed by atoms with Crippen molar-refractivity contribution in [3.8, 4) is 5.75 Å². The van der Waals surface area contributed by atoms with Gasteiger partial charge in [-0.05, 0) is 12.1 Å². The minimum absolute atomic E-state index is 0.234. The summed E-state index contributed by atoms with van der Waals surface area (Å²) in [5.41, 5.74) is 0.969. The molecule has 0 bridgehead atoms. The summed E-state index contributed by atoms with van der Waals surface area (Å²) in [5, 5.41) is 3.08. The number of ketones is 1. The van der Waals surface area contributed by atoms with Crippen LogP contribution in [0.15, 0.2) is 18.2 Å². The predicted octanol–water partition coefficient (Wildman–Crippen LogP) is 1.11. The number of hydrogen-bond acceptors (Lipinski definition) is 6. The fourth-order valence-corrected chi connectivity index (χ4v) is 1.53. The highest BCUT2D eigenvalue weighted by molar-refractivity contribution is 6.34. The van der Waals surface area contributed by atoms with Crippen molar-refractivity contribution in [2.24, 2.45) is 0 Å². The topological polar surface area (TPSA) is 73.9 Å². The van der Waals surface area contributed by atoms with Crippen molar-refractivity contribution < 1.29 is 23.8 Å². The molecular formula is C13H17NO5. The lowest BCUT2D eigenvalue weighted by molar-refractivity contribution is -0.104. The van der Waals surface area contributed by atoms with Crippen LogP contribution in [0.1, 0.15) is 10.4 Å². The van der Waals surface area contributed by atoms with Crippen LogP contribution in [0.25, 0.3) is 0 Å². The van der Waals surface area contributed by atoms with Crippen molar-refractivity contribution in [1.29, 1.82) is 0 Å². The lowest BCUT2D eigenvalue weighted by Gasteiger charge is -2.15. The molecule has 0 aliphatic rings. The number of aldehydes is 1. The van der Waals surface area contributed by atoms with Crippen molar-refractivity contribution in [3.05, 3.63) is 23.8 Å². The van der Waals surface area contributed by atoms with Crippen molar-refractivity contribution in [2.45, 2.75) is 6.29 Å². The van der Waals surface area contributed by atoms with Gasteiger partial charge in [-0.25, -0.2) is 0 Å². The molecule has 1 N–H and O–H groups in total. The molecule has 0 aliphatic carbocycles. The molecule has 0 heterocycles. The Morgan fingerprint density at radius 3 is 2.53 bits per heavy atom. The number of nitrogens with one attached hydrogen (secondary N) is 1. The zero-order chi connectivity index (χ0) is 14.3. The number of anilines is 1. The van der Waals surface area contributed by atoms with Gasteiger partial charge in [-0.3, -0.25) is 9.59 Å². The Morgan fingerprint density at radius 1 is 1.32 bits per heavy atom. The molecule has 104 valence electrons. The maximum absolute atomic E-state index is 11.4. The second-order valence-corrected chi connectivity index (χ2v) is 3.68. The molecule has 6 heteroatoms. The molecule has 6 nitrogen and oxygen atoms in total. The van der Waals surface area contributed by atoms with Gasteiger partial charge in [-0.2, -0.15) is 0 Å². The van der Waals surface area contributed by atoms with Crippen LogP contribution in [-0.2, 0) is 14.3 Å². The number of Topliss-reactive ketones (excluding diaryl/α,β-unsaturated/α-hetero) is 1. The van der Waals surface area contributed by atoms with Crippen molar-refractivity contribution in [3.63, 3.8) is 0 Å². The number of benzene rings is 1. The summed E-state index contributed by atoms with van der Waals surface area (Å²) < 4.78 is 15.2. The standard InChI is InChI=1S/C13H17NO5/c1-17-12-6-9(14-7-13(18-2)19-3)4-5-10(12)11(16)8-15/h4-6,8,13-14H,7H2,1-3H3. The lowest BCUT2D eigenvalue weighted by atomic mass is 10.1. The van der Waals surface area contributed by atoms with Gasteiger partial charge in [0.2, 0.25) is 5.78 Å². The Hall–Kier alpha value is -1.92. The van der Waals surface area contributed by atoms with Crippen molar-refractivity contribution >= 4 is 17.8 Å². The highest BCUT2D eigenvalue weighted by Crippen LogP contribution is 2.23. The first-order chi connectivity index (χ1) is 9.15. The molecule has 0 radical (unpaired) electrons. The van der Waals surface area contributed by atoms with E-state index in [1.807, 2.05) is 0 Å². The van der Waals surface area contributed by atoms with Crippen LogP contribution in [0.2, 0.25) is 0 Å². The molecule has 0 saturated carbocycles. The third kappa shape index (κ3) is 4.04. The largest absolute Gasteiger partial charge is 0.496 e. The minimum atomic E-state index is -0.616. The van der Waals surface area contributed by atoms with Crippen LogP contribution in [0.3, 0.4) is 0 Å². The van der Waals surface area contributed by atoms with Gasteiger partial charge in [0.05, 0.1) is 19.2 Å². The number of ether oxygens (including phenoxy) is 3. The number of methoxy groups -OCH3 is 3. The Labute approximate surface area is 111 Å². The van der Waals surface area contributed by atoms with Gasteiger partial charge in [-0.15, -0.1) is 0 Å². The smallest absolute Gasteiger partial charge is 0.229 e. The van der Waals surface area contributed by atoms with Gasteiger partial charge >= 0.3 is 0 Å². The Kier molecular flexibility index (Phi) is 5.98. The van der Waals surface area contributed by atoms with Crippen LogP contribution in [-0.4, -0.2) is 46.2 Å². The van der Waals surface area contributed by atoms with Crippen molar-refractivity contribution in [1.82, 2.24) is 0 Å². The molecular weight excluding hydrogens is 250 g/mol. The maximum Gasteiger partial charge on any atom is 0.229 e. The molecule has 0 saturated heterocycles. The van der Waals surface area contributed by atoms with Gasteiger partial charge in [0.25, 0.3) is 0 Å². The molecule has 0 spiro atoms. The van der Waals surface area contributed by atoms with Crippen LogP contribution in [0.5, 0.6) is 5.75 Å².